The summed E-state index contributed by atoms with van der Waals surface area (Å²) < 4.78 is 51.4. The van der Waals surface area contributed by atoms with E-state index in [4.69, 9.17) is 0 Å². The summed E-state index contributed by atoms with van der Waals surface area (Å²) >= 11 is 0. The Balaban J connectivity index is 1.70. The van der Waals surface area contributed by atoms with Crippen molar-refractivity contribution in [3.05, 3.63) is 64.0 Å². The average molecular weight is 383 g/mol. The van der Waals surface area contributed by atoms with Crippen molar-refractivity contribution >= 4 is 17.1 Å². The smallest absolute Gasteiger partial charge is 0.382 e. The maximum atomic E-state index is 12.9. The molecule has 2 aromatic rings. The highest BCUT2D eigenvalue weighted by molar-refractivity contribution is 5.65. The van der Waals surface area contributed by atoms with Crippen molar-refractivity contribution in [3.8, 4) is 0 Å². The van der Waals surface area contributed by atoms with Crippen LogP contribution in [0.15, 0.2) is 42.5 Å². The minimum atomic E-state index is -4.63. The zero-order valence-corrected chi connectivity index (χ0v) is 14.2. The quantitative estimate of drug-likeness (QED) is 0.467. The van der Waals surface area contributed by atoms with Gasteiger partial charge < -0.3 is 10.2 Å². The lowest BCUT2D eigenvalue weighted by Crippen LogP contribution is -2.39. The zero-order valence-electron chi connectivity index (χ0n) is 14.2. The molecule has 0 spiro atoms. The minimum Gasteiger partial charge on any atom is -0.382 e. The van der Waals surface area contributed by atoms with Crippen molar-refractivity contribution in [2.75, 3.05) is 23.3 Å². The number of hydrogen-bond donors (Lipinski definition) is 1. The van der Waals surface area contributed by atoms with Crippen molar-refractivity contribution in [2.24, 2.45) is 0 Å². The lowest BCUT2D eigenvalue weighted by atomic mass is 10.0. The van der Waals surface area contributed by atoms with Gasteiger partial charge in [0.25, 0.3) is 5.69 Å². The normalized spacial score (nSPS) is 15.6. The predicted octanol–water partition coefficient (Wildman–Crippen LogP) is 4.83. The first-order valence-corrected chi connectivity index (χ1v) is 8.37. The Morgan fingerprint density at radius 1 is 1.07 bits per heavy atom. The first-order valence-electron chi connectivity index (χ1n) is 8.37. The second kappa shape index (κ2) is 7.42. The lowest BCUT2D eigenvalue weighted by molar-refractivity contribution is -0.384. The van der Waals surface area contributed by atoms with E-state index in [1.54, 1.807) is 17.0 Å². The second-order valence-electron chi connectivity index (χ2n) is 6.37. The number of nitrogens with zero attached hydrogens (tertiary/aromatic N) is 2. The molecule has 1 saturated heterocycles. The number of hydrogen-bond acceptors (Lipinski definition) is 4. The van der Waals surface area contributed by atoms with E-state index < -0.39 is 22.4 Å². The van der Waals surface area contributed by atoms with Crippen molar-refractivity contribution < 1.29 is 22.5 Å². The third kappa shape index (κ3) is 4.47. The van der Waals surface area contributed by atoms with E-state index in [1.165, 1.54) is 12.1 Å². The fraction of sp³-hybridized carbons (Fsp3) is 0.333. The number of halogens is 4. The topological polar surface area (TPSA) is 58.4 Å². The Morgan fingerprint density at radius 2 is 1.70 bits per heavy atom. The number of nitro benzene ring substituents is 1. The van der Waals surface area contributed by atoms with Crippen LogP contribution >= 0.6 is 0 Å². The maximum Gasteiger partial charge on any atom is 0.416 e. The number of nitrogens with one attached hydrogen (secondary N) is 1. The van der Waals surface area contributed by atoms with Gasteiger partial charge in [-0.3, -0.25) is 10.1 Å². The number of piperidine rings is 1. The van der Waals surface area contributed by atoms with Gasteiger partial charge in [-0.25, -0.2) is 4.39 Å². The van der Waals surface area contributed by atoms with Crippen LogP contribution in [-0.2, 0) is 6.18 Å². The molecule has 3 rings (SSSR count). The Morgan fingerprint density at radius 3 is 2.26 bits per heavy atom. The number of rotatable bonds is 4. The van der Waals surface area contributed by atoms with Gasteiger partial charge in [0.05, 0.1) is 10.5 Å². The van der Waals surface area contributed by atoms with Crippen molar-refractivity contribution in [3.63, 3.8) is 0 Å². The van der Waals surface area contributed by atoms with Gasteiger partial charge in [0.1, 0.15) is 11.5 Å². The first-order chi connectivity index (χ1) is 12.7. The van der Waals surface area contributed by atoms with Crippen LogP contribution in [0.3, 0.4) is 0 Å². The highest BCUT2D eigenvalue weighted by Crippen LogP contribution is 2.37. The van der Waals surface area contributed by atoms with Crippen molar-refractivity contribution in [2.45, 2.75) is 25.1 Å². The van der Waals surface area contributed by atoms with Crippen LogP contribution in [-0.4, -0.2) is 24.1 Å². The number of benzene rings is 2. The van der Waals surface area contributed by atoms with Gasteiger partial charge in [0, 0.05) is 30.9 Å². The molecule has 144 valence electrons. The van der Waals surface area contributed by atoms with Gasteiger partial charge in [-0.05, 0) is 49.2 Å². The fourth-order valence-electron chi connectivity index (χ4n) is 3.16. The molecule has 9 heteroatoms. The van der Waals surface area contributed by atoms with E-state index in [-0.39, 0.29) is 17.5 Å². The van der Waals surface area contributed by atoms with Crippen LogP contribution in [0, 0.1) is 15.9 Å². The van der Waals surface area contributed by atoms with Gasteiger partial charge >= 0.3 is 6.18 Å². The van der Waals surface area contributed by atoms with Crippen molar-refractivity contribution in [1.29, 1.82) is 0 Å². The molecule has 27 heavy (non-hydrogen) atoms. The standard InChI is InChI=1S/C18H17F4N3O2/c19-13-2-4-14(5-3-13)23-15-7-9-24(10-8-15)16-6-1-12(18(20,21)22)11-17(16)25(26)27/h1-6,11,15,23H,7-10H2. The summed E-state index contributed by atoms with van der Waals surface area (Å²) in [4.78, 5) is 12.2. The Labute approximate surface area is 152 Å². The molecule has 2 aromatic carbocycles. The number of nitro groups is 1. The average Bonchev–Trinajstić information content (AvgIpc) is 2.63. The lowest BCUT2D eigenvalue weighted by Gasteiger charge is -2.34. The van der Waals surface area contributed by atoms with E-state index in [2.05, 4.69) is 5.32 Å². The summed E-state index contributed by atoms with van der Waals surface area (Å²) in [6.45, 7) is 0.927. The van der Waals surface area contributed by atoms with Crippen molar-refractivity contribution in [1.82, 2.24) is 0 Å². The monoisotopic (exact) mass is 383 g/mol. The van der Waals surface area contributed by atoms with Crippen LogP contribution < -0.4 is 10.2 Å². The SMILES string of the molecule is O=[N+]([O-])c1cc(C(F)(F)F)ccc1N1CCC(Nc2ccc(F)cc2)CC1. The largest absolute Gasteiger partial charge is 0.416 e. The number of anilines is 2. The molecular formula is C18H17F4N3O2. The first kappa shape index (κ1) is 18.9. The summed E-state index contributed by atoms with van der Waals surface area (Å²) in [6, 6.07) is 8.66. The summed E-state index contributed by atoms with van der Waals surface area (Å²) in [6.07, 6.45) is -3.33. The molecule has 0 amide bonds. The van der Waals surface area contributed by atoms with Gasteiger partial charge in [-0.15, -0.1) is 0 Å². The molecule has 0 aliphatic carbocycles. The third-order valence-corrected chi connectivity index (χ3v) is 4.55. The molecule has 0 unspecified atom stereocenters. The maximum absolute atomic E-state index is 12.9. The van der Waals surface area contributed by atoms with E-state index >= 15 is 0 Å². The Bertz CT molecular complexity index is 816. The number of alkyl halides is 3. The summed E-state index contributed by atoms with van der Waals surface area (Å²) in [7, 11) is 0. The van der Waals surface area contributed by atoms with Crippen LogP contribution in [0.4, 0.5) is 34.6 Å². The van der Waals surface area contributed by atoms with Crippen LogP contribution in [0.2, 0.25) is 0 Å². The fourth-order valence-corrected chi connectivity index (χ4v) is 3.16. The third-order valence-electron chi connectivity index (χ3n) is 4.55. The van der Waals surface area contributed by atoms with E-state index in [0.717, 1.165) is 17.8 Å². The molecule has 1 N–H and O–H groups in total. The molecule has 0 bridgehead atoms. The van der Waals surface area contributed by atoms with Gasteiger partial charge in [0.15, 0.2) is 0 Å². The van der Waals surface area contributed by atoms with E-state index in [0.29, 0.717) is 32.0 Å². The van der Waals surface area contributed by atoms with Gasteiger partial charge in [-0.1, -0.05) is 0 Å². The molecule has 1 aliphatic rings. The van der Waals surface area contributed by atoms with E-state index in [9.17, 15) is 27.7 Å². The molecule has 1 fully saturated rings. The molecule has 0 aromatic heterocycles. The molecule has 1 heterocycles. The Kier molecular flexibility index (Phi) is 5.20. The zero-order chi connectivity index (χ0) is 19.6. The molecule has 0 radical (unpaired) electrons. The predicted molar refractivity (Wildman–Crippen MR) is 93.4 cm³/mol. The molecule has 0 saturated carbocycles. The molecule has 1 aliphatic heterocycles. The van der Waals surface area contributed by atoms with Crippen LogP contribution in [0.25, 0.3) is 0 Å². The van der Waals surface area contributed by atoms with E-state index in [1.807, 2.05) is 0 Å². The summed E-state index contributed by atoms with van der Waals surface area (Å²) in [5, 5.41) is 14.5. The molecule has 0 atom stereocenters. The van der Waals surface area contributed by atoms with Gasteiger partial charge in [0.2, 0.25) is 0 Å². The van der Waals surface area contributed by atoms with Crippen LogP contribution in [0.1, 0.15) is 18.4 Å². The summed E-state index contributed by atoms with van der Waals surface area (Å²) in [5.41, 5.74) is -0.621. The Hall–Kier alpha value is -2.84. The second-order valence-corrected chi connectivity index (χ2v) is 6.37. The van der Waals surface area contributed by atoms with Gasteiger partial charge in [-0.2, -0.15) is 13.2 Å². The van der Waals surface area contributed by atoms with Crippen LogP contribution in [0.5, 0.6) is 0 Å². The molecule has 5 nitrogen and oxygen atoms in total. The highest BCUT2D eigenvalue weighted by atomic mass is 19.4. The summed E-state index contributed by atoms with van der Waals surface area (Å²) in [5.74, 6) is -0.329. The highest BCUT2D eigenvalue weighted by Gasteiger charge is 2.34. The minimum absolute atomic E-state index is 0.0974. The molecular weight excluding hydrogens is 366 g/mol.